The molecule has 0 amide bonds. The lowest BCUT2D eigenvalue weighted by Crippen LogP contribution is -2.45. The van der Waals surface area contributed by atoms with Gasteiger partial charge in [-0.25, -0.2) is 9.99 Å². The number of aromatic nitrogens is 2. The first-order valence-corrected chi connectivity index (χ1v) is 9.07. The van der Waals surface area contributed by atoms with Crippen LogP contribution in [0.5, 0.6) is 0 Å². The summed E-state index contributed by atoms with van der Waals surface area (Å²) < 4.78 is 0.808. The quantitative estimate of drug-likeness (QED) is 0.892. The highest BCUT2D eigenvalue weighted by atomic mass is 79.9. The normalized spacial score (nSPS) is 27.8. The van der Waals surface area contributed by atoms with Crippen LogP contribution in [0.4, 0.5) is 0 Å². The van der Waals surface area contributed by atoms with Crippen molar-refractivity contribution in [2.75, 3.05) is 6.54 Å². The van der Waals surface area contributed by atoms with Crippen LogP contribution in [0, 0.1) is 0 Å². The summed E-state index contributed by atoms with van der Waals surface area (Å²) in [5, 5.41) is 2.48. The predicted octanol–water partition coefficient (Wildman–Crippen LogP) is 3.66. The summed E-state index contributed by atoms with van der Waals surface area (Å²) in [6.07, 6.45) is 8.56. The second kappa shape index (κ2) is 6.30. The first-order valence-electron chi connectivity index (χ1n) is 8.28. The molecule has 120 valence electrons. The molecule has 1 saturated heterocycles. The number of halogens is 1. The van der Waals surface area contributed by atoms with Crippen molar-refractivity contribution in [2.45, 2.75) is 43.7 Å². The van der Waals surface area contributed by atoms with Crippen molar-refractivity contribution in [1.29, 1.82) is 0 Å². The van der Waals surface area contributed by atoms with Crippen molar-refractivity contribution in [3.63, 3.8) is 0 Å². The Balaban J connectivity index is 1.50. The van der Waals surface area contributed by atoms with Crippen LogP contribution in [0.2, 0.25) is 0 Å². The molecule has 1 saturated carbocycles. The summed E-state index contributed by atoms with van der Waals surface area (Å²) >= 11 is 3.37. The third kappa shape index (κ3) is 3.05. The van der Waals surface area contributed by atoms with Gasteiger partial charge in [0.1, 0.15) is 4.60 Å². The largest absolute Gasteiger partial charge is 0.257 e. The van der Waals surface area contributed by atoms with E-state index in [-0.39, 0.29) is 5.54 Å². The molecule has 2 aromatic rings. The SMILES string of the molecule is Brc1cnc(C2CCC3(CCNN3Cc3ccccc3)C2)cn1. The lowest BCUT2D eigenvalue weighted by molar-refractivity contribution is 0.0855. The second-order valence-electron chi connectivity index (χ2n) is 6.66. The molecule has 0 radical (unpaired) electrons. The molecule has 0 bridgehead atoms. The summed E-state index contributed by atoms with van der Waals surface area (Å²) in [4.78, 5) is 8.93. The van der Waals surface area contributed by atoms with Crippen molar-refractivity contribution in [1.82, 2.24) is 20.4 Å². The van der Waals surface area contributed by atoms with Crippen LogP contribution in [0.3, 0.4) is 0 Å². The molecule has 1 aliphatic carbocycles. The number of hydrogen-bond donors (Lipinski definition) is 1. The Morgan fingerprint density at radius 3 is 2.83 bits per heavy atom. The minimum atomic E-state index is 0.273. The smallest absolute Gasteiger partial charge is 0.124 e. The van der Waals surface area contributed by atoms with Crippen LogP contribution in [-0.4, -0.2) is 27.1 Å². The summed E-state index contributed by atoms with van der Waals surface area (Å²) in [6, 6.07) is 10.7. The third-order valence-corrected chi connectivity index (χ3v) is 5.70. The molecule has 2 heterocycles. The molecule has 1 aliphatic heterocycles. The van der Waals surface area contributed by atoms with Crippen molar-refractivity contribution < 1.29 is 0 Å². The van der Waals surface area contributed by atoms with Gasteiger partial charge >= 0.3 is 0 Å². The van der Waals surface area contributed by atoms with Crippen molar-refractivity contribution >= 4 is 15.9 Å². The van der Waals surface area contributed by atoms with E-state index in [1.807, 2.05) is 12.4 Å². The number of benzene rings is 1. The van der Waals surface area contributed by atoms with E-state index >= 15 is 0 Å². The van der Waals surface area contributed by atoms with Crippen LogP contribution < -0.4 is 5.43 Å². The fourth-order valence-electron chi connectivity index (χ4n) is 4.08. The molecule has 4 rings (SSSR count). The van der Waals surface area contributed by atoms with Crippen LogP contribution in [0.15, 0.2) is 47.3 Å². The van der Waals surface area contributed by atoms with E-state index in [0.717, 1.165) is 23.4 Å². The molecule has 2 atom stereocenters. The van der Waals surface area contributed by atoms with Gasteiger partial charge in [-0.15, -0.1) is 0 Å². The Morgan fingerprint density at radius 1 is 1.17 bits per heavy atom. The molecular weight excluding hydrogens is 352 g/mol. The Kier molecular flexibility index (Phi) is 4.18. The maximum atomic E-state index is 4.58. The zero-order chi connectivity index (χ0) is 15.7. The maximum Gasteiger partial charge on any atom is 0.124 e. The average molecular weight is 373 g/mol. The second-order valence-corrected chi connectivity index (χ2v) is 7.47. The van der Waals surface area contributed by atoms with Crippen molar-refractivity contribution in [3.8, 4) is 0 Å². The van der Waals surface area contributed by atoms with E-state index < -0.39 is 0 Å². The van der Waals surface area contributed by atoms with Crippen molar-refractivity contribution in [2.24, 2.45) is 0 Å². The van der Waals surface area contributed by atoms with E-state index in [2.05, 4.69) is 66.7 Å². The van der Waals surface area contributed by atoms with E-state index in [1.54, 1.807) is 0 Å². The summed E-state index contributed by atoms with van der Waals surface area (Å²) in [5.74, 6) is 0.522. The molecule has 2 fully saturated rings. The Hall–Kier alpha value is -1.30. The fourth-order valence-corrected chi connectivity index (χ4v) is 4.28. The van der Waals surface area contributed by atoms with E-state index in [1.165, 1.54) is 31.2 Å². The minimum Gasteiger partial charge on any atom is -0.257 e. The first kappa shape index (κ1) is 15.2. The summed E-state index contributed by atoms with van der Waals surface area (Å²) in [5.41, 5.74) is 6.39. The Bertz CT molecular complexity index is 660. The minimum absolute atomic E-state index is 0.273. The highest BCUT2D eigenvalue weighted by Crippen LogP contribution is 2.47. The van der Waals surface area contributed by atoms with Gasteiger partial charge in [-0.2, -0.15) is 0 Å². The topological polar surface area (TPSA) is 41.1 Å². The lowest BCUT2D eigenvalue weighted by Gasteiger charge is -2.34. The molecule has 2 unspecified atom stereocenters. The number of nitrogens with one attached hydrogen (secondary N) is 1. The summed E-state index contributed by atoms with van der Waals surface area (Å²) in [7, 11) is 0. The monoisotopic (exact) mass is 372 g/mol. The third-order valence-electron chi connectivity index (χ3n) is 5.29. The van der Waals surface area contributed by atoms with Crippen LogP contribution in [0.25, 0.3) is 0 Å². The van der Waals surface area contributed by atoms with Gasteiger partial charge in [-0.3, -0.25) is 10.4 Å². The number of hydrazine groups is 1. The van der Waals surface area contributed by atoms with Gasteiger partial charge in [0.25, 0.3) is 0 Å². The van der Waals surface area contributed by atoms with Gasteiger partial charge in [-0.05, 0) is 47.2 Å². The van der Waals surface area contributed by atoms with Crippen LogP contribution in [-0.2, 0) is 6.54 Å². The zero-order valence-electron chi connectivity index (χ0n) is 13.1. The molecule has 1 N–H and O–H groups in total. The lowest BCUT2D eigenvalue weighted by atomic mass is 9.91. The molecular formula is C18H21BrN4. The Labute approximate surface area is 145 Å². The number of nitrogens with zero attached hydrogens (tertiary/aromatic N) is 3. The summed E-state index contributed by atoms with van der Waals surface area (Å²) in [6.45, 7) is 2.05. The first-order chi connectivity index (χ1) is 11.3. The fraction of sp³-hybridized carbons (Fsp3) is 0.444. The molecule has 5 heteroatoms. The molecule has 1 aromatic carbocycles. The van der Waals surface area contributed by atoms with Crippen LogP contribution in [0.1, 0.15) is 42.9 Å². The molecule has 4 nitrogen and oxygen atoms in total. The Morgan fingerprint density at radius 2 is 2.04 bits per heavy atom. The van der Waals surface area contributed by atoms with Crippen molar-refractivity contribution in [3.05, 3.63) is 58.6 Å². The van der Waals surface area contributed by atoms with Crippen LogP contribution >= 0.6 is 15.9 Å². The molecule has 1 spiro atoms. The van der Waals surface area contributed by atoms with Gasteiger partial charge in [0.05, 0.1) is 11.9 Å². The molecule has 23 heavy (non-hydrogen) atoms. The highest BCUT2D eigenvalue weighted by molar-refractivity contribution is 9.10. The van der Waals surface area contributed by atoms with E-state index in [9.17, 15) is 0 Å². The van der Waals surface area contributed by atoms with Gasteiger partial charge < -0.3 is 0 Å². The number of rotatable bonds is 3. The highest BCUT2D eigenvalue weighted by Gasteiger charge is 2.47. The standard InChI is InChI=1S/C18H21BrN4/c19-17-12-20-16(11-21-17)15-6-7-18(10-15)8-9-22-23(18)13-14-4-2-1-3-5-14/h1-5,11-12,15,22H,6-10,13H2. The number of hydrogen-bond acceptors (Lipinski definition) is 4. The predicted molar refractivity (Wildman–Crippen MR) is 93.7 cm³/mol. The van der Waals surface area contributed by atoms with Gasteiger partial charge in [0.15, 0.2) is 0 Å². The van der Waals surface area contributed by atoms with E-state index in [4.69, 9.17) is 0 Å². The zero-order valence-corrected chi connectivity index (χ0v) is 14.7. The average Bonchev–Trinajstić information content (AvgIpc) is 3.18. The van der Waals surface area contributed by atoms with Gasteiger partial charge in [-0.1, -0.05) is 30.3 Å². The molecule has 2 aliphatic rings. The maximum absolute atomic E-state index is 4.58. The molecule has 1 aromatic heterocycles. The van der Waals surface area contributed by atoms with Gasteiger partial charge in [0.2, 0.25) is 0 Å². The van der Waals surface area contributed by atoms with Gasteiger partial charge in [0, 0.05) is 30.7 Å². The van der Waals surface area contributed by atoms with E-state index in [0.29, 0.717) is 5.92 Å².